The highest BCUT2D eigenvalue weighted by Gasteiger charge is 2.06. The minimum atomic E-state index is 0. The first-order valence-corrected chi connectivity index (χ1v) is 10.2. The SMILES string of the molecule is CCCCCCCCCCCC[NH+](CCCC)CCCC.[Br-]. The van der Waals surface area contributed by atoms with E-state index in [1.165, 1.54) is 110 Å². The van der Waals surface area contributed by atoms with E-state index in [0.717, 1.165) is 0 Å². The van der Waals surface area contributed by atoms with Crippen LogP contribution in [0.5, 0.6) is 0 Å². The molecule has 0 aromatic heterocycles. The molecule has 2 heteroatoms. The molecule has 0 saturated carbocycles. The molecule has 0 bridgehead atoms. The Kier molecular flexibility index (Phi) is 24.1. The lowest BCUT2D eigenvalue weighted by Gasteiger charge is -2.19. The van der Waals surface area contributed by atoms with Gasteiger partial charge < -0.3 is 21.9 Å². The molecule has 0 aliphatic heterocycles. The Hall–Kier alpha value is 0.440. The van der Waals surface area contributed by atoms with E-state index in [2.05, 4.69) is 20.8 Å². The van der Waals surface area contributed by atoms with Crippen LogP contribution in [0.4, 0.5) is 0 Å². The fourth-order valence-electron chi connectivity index (χ4n) is 3.09. The maximum atomic E-state index is 2.32. The fraction of sp³-hybridized carbons (Fsp3) is 1.00. The quantitative estimate of drug-likeness (QED) is 0.371. The molecule has 0 atom stereocenters. The van der Waals surface area contributed by atoms with Crippen LogP contribution < -0.4 is 21.9 Å². The second-order valence-electron chi connectivity index (χ2n) is 6.89. The molecule has 0 rings (SSSR count). The summed E-state index contributed by atoms with van der Waals surface area (Å²) in [6.45, 7) is 11.2. The molecule has 1 N–H and O–H groups in total. The largest absolute Gasteiger partial charge is 1.00 e. The van der Waals surface area contributed by atoms with Crippen molar-refractivity contribution >= 4 is 0 Å². The predicted molar refractivity (Wildman–Crippen MR) is 97.2 cm³/mol. The first kappa shape index (κ1) is 24.7. The van der Waals surface area contributed by atoms with Gasteiger partial charge in [-0.15, -0.1) is 0 Å². The van der Waals surface area contributed by atoms with E-state index in [1.54, 1.807) is 0 Å². The van der Waals surface area contributed by atoms with E-state index in [4.69, 9.17) is 0 Å². The van der Waals surface area contributed by atoms with Crippen LogP contribution in [0.2, 0.25) is 0 Å². The molecule has 0 spiro atoms. The van der Waals surface area contributed by atoms with Crippen LogP contribution in [-0.2, 0) is 0 Å². The highest BCUT2D eigenvalue weighted by atomic mass is 79.9. The van der Waals surface area contributed by atoms with Crippen molar-refractivity contribution in [3.05, 3.63) is 0 Å². The lowest BCUT2D eigenvalue weighted by molar-refractivity contribution is -0.900. The molecule has 0 aliphatic rings. The van der Waals surface area contributed by atoms with Gasteiger partial charge in [-0.25, -0.2) is 0 Å². The summed E-state index contributed by atoms with van der Waals surface area (Å²) < 4.78 is 0. The normalized spacial score (nSPS) is 10.9. The number of hydrogen-bond acceptors (Lipinski definition) is 0. The van der Waals surface area contributed by atoms with Crippen molar-refractivity contribution in [2.75, 3.05) is 19.6 Å². The smallest absolute Gasteiger partial charge is 0.0770 e. The Bertz CT molecular complexity index is 177. The second-order valence-corrected chi connectivity index (χ2v) is 6.89. The van der Waals surface area contributed by atoms with Crippen LogP contribution in [0.15, 0.2) is 0 Å². The van der Waals surface area contributed by atoms with Gasteiger partial charge >= 0.3 is 0 Å². The summed E-state index contributed by atoms with van der Waals surface area (Å²) in [5, 5.41) is 0. The average molecular weight is 378 g/mol. The zero-order valence-electron chi connectivity index (χ0n) is 15.9. The zero-order valence-corrected chi connectivity index (χ0v) is 17.5. The van der Waals surface area contributed by atoms with E-state index in [0.29, 0.717) is 0 Å². The van der Waals surface area contributed by atoms with Gasteiger partial charge in [-0.05, 0) is 25.7 Å². The number of hydrogen-bond donors (Lipinski definition) is 1. The predicted octanol–water partition coefficient (Wildman–Crippen LogP) is 2.40. The lowest BCUT2D eigenvalue weighted by Crippen LogP contribution is -3.12. The van der Waals surface area contributed by atoms with Crippen molar-refractivity contribution in [1.82, 2.24) is 0 Å². The minimum absolute atomic E-state index is 0. The van der Waals surface area contributed by atoms with Crippen LogP contribution in [0.1, 0.15) is 111 Å². The van der Waals surface area contributed by atoms with Gasteiger partial charge in [-0.2, -0.15) is 0 Å². The monoisotopic (exact) mass is 377 g/mol. The van der Waals surface area contributed by atoms with Crippen molar-refractivity contribution in [3.63, 3.8) is 0 Å². The molecule has 136 valence electrons. The first-order chi connectivity index (χ1) is 10.3. The van der Waals surface area contributed by atoms with Crippen LogP contribution in [-0.4, -0.2) is 19.6 Å². The van der Waals surface area contributed by atoms with E-state index in [1.807, 2.05) is 4.90 Å². The Morgan fingerprint density at radius 1 is 0.409 bits per heavy atom. The molecule has 22 heavy (non-hydrogen) atoms. The highest BCUT2D eigenvalue weighted by molar-refractivity contribution is 4.47. The molecule has 0 radical (unpaired) electrons. The maximum absolute atomic E-state index is 2.32. The third-order valence-electron chi connectivity index (χ3n) is 4.65. The minimum Gasteiger partial charge on any atom is -1.00 e. The Morgan fingerprint density at radius 3 is 1.14 bits per heavy atom. The molecule has 1 nitrogen and oxygen atoms in total. The van der Waals surface area contributed by atoms with Gasteiger partial charge in [0.2, 0.25) is 0 Å². The molecule has 0 fully saturated rings. The van der Waals surface area contributed by atoms with Gasteiger partial charge in [-0.3, -0.25) is 0 Å². The van der Waals surface area contributed by atoms with Crippen LogP contribution >= 0.6 is 0 Å². The Labute approximate surface area is 152 Å². The standard InChI is InChI=1S/C20H43N.BrH/c1-4-7-10-11-12-13-14-15-16-17-20-21(18-8-5-2)19-9-6-3;/h4-20H2,1-3H3;1H. The van der Waals surface area contributed by atoms with E-state index < -0.39 is 0 Å². The number of halogens is 1. The lowest BCUT2D eigenvalue weighted by atomic mass is 10.1. The molecule has 0 aromatic rings. The third kappa shape index (κ3) is 18.5. The number of quaternary nitrogens is 1. The molecule has 0 unspecified atom stereocenters. The molecule has 0 aliphatic carbocycles. The Balaban J connectivity index is 0. The van der Waals surface area contributed by atoms with Gasteiger partial charge in [0.05, 0.1) is 19.6 Å². The summed E-state index contributed by atoms with van der Waals surface area (Å²) in [6, 6.07) is 0. The molecule has 0 heterocycles. The van der Waals surface area contributed by atoms with Gasteiger partial charge in [-0.1, -0.05) is 85.0 Å². The average Bonchev–Trinajstić information content (AvgIpc) is 2.51. The second kappa shape index (κ2) is 21.4. The number of nitrogens with one attached hydrogen (secondary N) is 1. The van der Waals surface area contributed by atoms with Gasteiger partial charge in [0.1, 0.15) is 0 Å². The Morgan fingerprint density at radius 2 is 0.727 bits per heavy atom. The molecular formula is C20H44BrN. The molecule has 0 saturated heterocycles. The summed E-state index contributed by atoms with van der Waals surface area (Å²) >= 11 is 0. The van der Waals surface area contributed by atoms with Crippen LogP contribution in [0, 0.1) is 0 Å². The van der Waals surface area contributed by atoms with Gasteiger partial charge in [0.25, 0.3) is 0 Å². The van der Waals surface area contributed by atoms with Gasteiger partial charge in [0.15, 0.2) is 0 Å². The van der Waals surface area contributed by atoms with E-state index in [-0.39, 0.29) is 17.0 Å². The molecule has 0 aromatic carbocycles. The van der Waals surface area contributed by atoms with Crippen molar-refractivity contribution in [1.29, 1.82) is 0 Å². The van der Waals surface area contributed by atoms with E-state index >= 15 is 0 Å². The first-order valence-electron chi connectivity index (χ1n) is 10.2. The molecular weight excluding hydrogens is 334 g/mol. The van der Waals surface area contributed by atoms with Crippen LogP contribution in [0.25, 0.3) is 0 Å². The maximum Gasteiger partial charge on any atom is 0.0770 e. The number of unbranched alkanes of at least 4 members (excludes halogenated alkanes) is 11. The fourth-order valence-corrected chi connectivity index (χ4v) is 3.09. The molecule has 0 amide bonds. The summed E-state index contributed by atoms with van der Waals surface area (Å²) in [4.78, 5) is 1.87. The third-order valence-corrected chi connectivity index (χ3v) is 4.65. The van der Waals surface area contributed by atoms with Crippen molar-refractivity contribution in [2.45, 2.75) is 111 Å². The summed E-state index contributed by atoms with van der Waals surface area (Å²) in [6.07, 6.45) is 20.1. The summed E-state index contributed by atoms with van der Waals surface area (Å²) in [7, 11) is 0. The highest BCUT2D eigenvalue weighted by Crippen LogP contribution is 2.10. The van der Waals surface area contributed by atoms with Crippen LogP contribution in [0.3, 0.4) is 0 Å². The summed E-state index contributed by atoms with van der Waals surface area (Å²) in [5.74, 6) is 0. The zero-order chi connectivity index (χ0) is 15.6. The van der Waals surface area contributed by atoms with Crippen molar-refractivity contribution < 1.29 is 21.9 Å². The van der Waals surface area contributed by atoms with Crippen molar-refractivity contribution in [2.24, 2.45) is 0 Å². The van der Waals surface area contributed by atoms with E-state index in [9.17, 15) is 0 Å². The summed E-state index contributed by atoms with van der Waals surface area (Å²) in [5.41, 5.74) is 0. The van der Waals surface area contributed by atoms with Crippen molar-refractivity contribution in [3.8, 4) is 0 Å². The van der Waals surface area contributed by atoms with Gasteiger partial charge in [0, 0.05) is 0 Å². The number of rotatable bonds is 17. The topological polar surface area (TPSA) is 4.44 Å².